The number of hydrogen-bond acceptors (Lipinski definition) is 6. The number of nitrogens with zero attached hydrogens (tertiary/aromatic N) is 3. The largest absolute Gasteiger partial charge is 0.483 e. The van der Waals surface area contributed by atoms with Crippen molar-refractivity contribution in [1.82, 2.24) is 9.78 Å². The minimum atomic E-state index is -5.08. The van der Waals surface area contributed by atoms with Crippen LogP contribution in [0, 0.1) is 0 Å². The molecule has 2 aromatic rings. The first kappa shape index (κ1) is 23.0. The summed E-state index contributed by atoms with van der Waals surface area (Å²) >= 11 is 5.94. The number of rotatable bonds is 5. The average Bonchev–Trinajstić information content (AvgIpc) is 3.07. The van der Waals surface area contributed by atoms with Gasteiger partial charge in [-0.1, -0.05) is 11.6 Å². The van der Waals surface area contributed by atoms with Crippen LogP contribution in [0.5, 0.6) is 5.75 Å². The molecule has 31 heavy (non-hydrogen) atoms. The van der Waals surface area contributed by atoms with Crippen LogP contribution in [0.15, 0.2) is 29.3 Å². The molecular formula is C16H16ClF3N4O6S. The van der Waals surface area contributed by atoms with Crippen molar-refractivity contribution < 1.29 is 41.3 Å². The van der Waals surface area contributed by atoms with Crippen molar-refractivity contribution >= 4 is 39.1 Å². The fraction of sp³-hybridized carbons (Fsp3) is 0.375. The first-order valence-electron chi connectivity index (χ1n) is 8.65. The molecule has 0 saturated heterocycles. The number of carbonyl (C=O) groups is 1. The Morgan fingerprint density at radius 3 is 2.68 bits per heavy atom. The lowest BCUT2D eigenvalue weighted by atomic mass is 10.1. The Morgan fingerprint density at radius 2 is 2.13 bits per heavy atom. The molecule has 1 aliphatic rings. The monoisotopic (exact) mass is 484 g/mol. The molecule has 0 radical (unpaired) electrons. The molecule has 1 amide bonds. The first-order chi connectivity index (χ1) is 14.3. The normalized spacial score (nSPS) is 17.6. The number of aromatic nitrogens is 2. The maximum absolute atomic E-state index is 13.3. The van der Waals surface area contributed by atoms with Gasteiger partial charge in [-0.05, 0) is 25.1 Å². The van der Waals surface area contributed by atoms with E-state index < -0.39 is 51.1 Å². The third-order valence-electron chi connectivity index (χ3n) is 4.37. The van der Waals surface area contributed by atoms with Crippen LogP contribution in [0.4, 0.5) is 29.3 Å². The minimum absolute atomic E-state index is 0.0554. The number of sulfonamides is 1. The van der Waals surface area contributed by atoms with Crippen LogP contribution in [0.2, 0.25) is 5.15 Å². The Morgan fingerprint density at radius 1 is 1.45 bits per heavy atom. The second kappa shape index (κ2) is 8.09. The molecule has 0 spiro atoms. The molecule has 3 N–H and O–H groups in total. The van der Waals surface area contributed by atoms with Gasteiger partial charge in [-0.15, -0.1) is 0 Å². The van der Waals surface area contributed by atoms with Crippen molar-refractivity contribution in [1.29, 1.82) is 0 Å². The van der Waals surface area contributed by atoms with Gasteiger partial charge in [0.05, 0.1) is 12.2 Å². The van der Waals surface area contributed by atoms with Crippen molar-refractivity contribution in [3.8, 4) is 5.75 Å². The van der Waals surface area contributed by atoms with Crippen LogP contribution in [0.25, 0.3) is 0 Å². The van der Waals surface area contributed by atoms with E-state index in [4.69, 9.17) is 21.4 Å². The molecule has 1 unspecified atom stereocenters. The molecule has 10 nitrogen and oxygen atoms in total. The van der Waals surface area contributed by atoms with E-state index in [-0.39, 0.29) is 23.7 Å². The quantitative estimate of drug-likeness (QED) is 0.593. The number of alkyl halides is 3. The third kappa shape index (κ3) is 4.50. The Bertz CT molecular complexity index is 1110. The molecule has 2 heterocycles. The predicted molar refractivity (Wildman–Crippen MR) is 102 cm³/mol. The van der Waals surface area contributed by atoms with Gasteiger partial charge in [0.1, 0.15) is 10.6 Å². The Kier molecular flexibility index (Phi) is 5.99. The molecule has 0 aliphatic carbocycles. The van der Waals surface area contributed by atoms with Crippen molar-refractivity contribution in [2.75, 3.05) is 16.2 Å². The summed E-state index contributed by atoms with van der Waals surface area (Å²) in [7, 11) is -4.57. The molecule has 1 aliphatic heterocycles. The number of anilines is 2. The number of nitrogens with one attached hydrogen (secondary N) is 1. The second-order valence-electron chi connectivity index (χ2n) is 6.43. The van der Waals surface area contributed by atoms with E-state index in [1.165, 1.54) is 10.7 Å². The molecular weight excluding hydrogens is 469 g/mol. The van der Waals surface area contributed by atoms with Crippen molar-refractivity contribution in [2.45, 2.75) is 36.7 Å². The maximum Gasteiger partial charge on any atom is 0.418 e. The lowest BCUT2D eigenvalue weighted by molar-refractivity contribution is -0.225. The van der Waals surface area contributed by atoms with E-state index >= 15 is 0 Å². The van der Waals surface area contributed by atoms with Gasteiger partial charge in [-0.3, -0.25) is 14.3 Å². The number of aliphatic hydroxyl groups is 1. The number of hydrogen-bond donors (Lipinski definition) is 3. The molecule has 0 fully saturated rings. The van der Waals surface area contributed by atoms with Gasteiger partial charge in [0, 0.05) is 18.4 Å². The molecule has 1 aromatic heterocycles. The number of halogens is 4. The minimum Gasteiger partial charge on any atom is -0.483 e. The summed E-state index contributed by atoms with van der Waals surface area (Å²) in [5.74, 6) is -0.307. The summed E-state index contributed by atoms with van der Waals surface area (Å²) in [5.41, 5.74) is -0.294. The molecule has 1 aromatic carbocycles. The van der Waals surface area contributed by atoms with E-state index in [9.17, 15) is 31.5 Å². The Hall–Kier alpha value is -2.71. The summed E-state index contributed by atoms with van der Waals surface area (Å²) in [6.45, 7) is 1.03. The van der Waals surface area contributed by atoms with Crippen LogP contribution in [0.3, 0.4) is 0 Å². The van der Waals surface area contributed by atoms with E-state index in [1.54, 1.807) is 6.92 Å². The Labute approximate surface area is 178 Å². The number of aliphatic hydroxyl groups excluding tert-OH is 1. The number of benzene rings is 1. The third-order valence-corrected chi connectivity index (χ3v) is 6.54. The SMILES string of the molecule is CCn1cc(S(=O)(=O)N2CC([C@H](O)C(F)(F)F)Oc3ccc(NC(=O)O)cc32)c(Cl)n1. The average molecular weight is 485 g/mol. The fourth-order valence-electron chi connectivity index (χ4n) is 2.91. The van der Waals surface area contributed by atoms with Crippen LogP contribution in [-0.2, 0) is 16.6 Å². The first-order valence-corrected chi connectivity index (χ1v) is 10.5. The van der Waals surface area contributed by atoms with E-state index in [0.29, 0.717) is 4.31 Å². The van der Waals surface area contributed by atoms with E-state index in [2.05, 4.69) is 5.10 Å². The van der Waals surface area contributed by atoms with Crippen LogP contribution < -0.4 is 14.4 Å². The highest BCUT2D eigenvalue weighted by Crippen LogP contribution is 2.41. The zero-order chi connectivity index (χ0) is 23.1. The van der Waals surface area contributed by atoms with Gasteiger partial charge in [-0.25, -0.2) is 13.2 Å². The van der Waals surface area contributed by atoms with Gasteiger partial charge < -0.3 is 14.9 Å². The lowest BCUT2D eigenvalue weighted by Crippen LogP contribution is -2.53. The molecule has 15 heteroatoms. The predicted octanol–water partition coefficient (Wildman–Crippen LogP) is 2.53. The van der Waals surface area contributed by atoms with Crippen molar-refractivity contribution in [3.63, 3.8) is 0 Å². The standard InChI is InChI=1S/C16H16ClF3N4O6S/c1-2-23-7-12(14(17)22-23)31(28,29)24-6-11(13(25)16(18,19)20)30-10-4-3-8(5-9(10)24)21-15(26)27/h3-5,7,11,13,21,25H,2,6H2,1H3,(H,26,27)/t11?,13-/m0/s1. The zero-order valence-electron chi connectivity index (χ0n) is 15.7. The number of amides is 1. The summed E-state index contributed by atoms with van der Waals surface area (Å²) < 4.78 is 72.8. The van der Waals surface area contributed by atoms with E-state index in [1.807, 2.05) is 5.32 Å². The Balaban J connectivity index is 2.13. The van der Waals surface area contributed by atoms with Crippen LogP contribution >= 0.6 is 11.6 Å². The van der Waals surface area contributed by atoms with E-state index in [0.717, 1.165) is 18.3 Å². The highest BCUT2D eigenvalue weighted by Gasteiger charge is 2.49. The van der Waals surface area contributed by atoms with Gasteiger partial charge >= 0.3 is 12.3 Å². The maximum atomic E-state index is 13.3. The highest BCUT2D eigenvalue weighted by atomic mass is 35.5. The molecule has 2 atom stereocenters. The van der Waals surface area contributed by atoms with Crippen molar-refractivity contribution in [3.05, 3.63) is 29.5 Å². The number of carboxylic acid groups (broad SMARTS) is 1. The fourth-order valence-corrected chi connectivity index (χ4v) is 4.84. The highest BCUT2D eigenvalue weighted by molar-refractivity contribution is 7.93. The number of ether oxygens (including phenoxy) is 1. The summed E-state index contributed by atoms with van der Waals surface area (Å²) in [6, 6.07) is 3.34. The van der Waals surface area contributed by atoms with Gasteiger partial charge in [-0.2, -0.15) is 18.3 Å². The van der Waals surface area contributed by atoms with Gasteiger partial charge in [0.25, 0.3) is 10.0 Å². The van der Waals surface area contributed by atoms with Crippen LogP contribution in [0.1, 0.15) is 6.92 Å². The number of fused-ring (bicyclic) bond motifs is 1. The zero-order valence-corrected chi connectivity index (χ0v) is 17.2. The number of aryl methyl sites for hydroxylation is 1. The van der Waals surface area contributed by atoms with Gasteiger partial charge in [0.15, 0.2) is 17.4 Å². The molecule has 170 valence electrons. The smallest absolute Gasteiger partial charge is 0.418 e. The summed E-state index contributed by atoms with van der Waals surface area (Å²) in [4.78, 5) is 10.4. The van der Waals surface area contributed by atoms with Crippen LogP contribution in [-0.4, -0.2) is 59.4 Å². The topological polar surface area (TPSA) is 134 Å². The molecule has 0 saturated carbocycles. The lowest BCUT2D eigenvalue weighted by Gasteiger charge is -2.37. The van der Waals surface area contributed by atoms with Crippen molar-refractivity contribution in [2.24, 2.45) is 0 Å². The summed E-state index contributed by atoms with van der Waals surface area (Å²) in [6.07, 6.45) is -10.4. The molecule has 0 bridgehead atoms. The molecule has 3 rings (SSSR count). The second-order valence-corrected chi connectivity index (χ2v) is 8.62. The van der Waals surface area contributed by atoms with Gasteiger partial charge in [0.2, 0.25) is 0 Å². The summed E-state index contributed by atoms with van der Waals surface area (Å²) in [5, 5.41) is 24.0.